The lowest BCUT2D eigenvalue weighted by molar-refractivity contribution is 0.0944. The van der Waals surface area contributed by atoms with Crippen molar-refractivity contribution in [3.63, 3.8) is 0 Å². The molecular formula is C17H11F2N5O. The van der Waals surface area contributed by atoms with E-state index >= 15 is 0 Å². The summed E-state index contributed by atoms with van der Waals surface area (Å²) in [5, 5.41) is 11.6. The molecule has 0 radical (unpaired) electrons. The van der Waals surface area contributed by atoms with E-state index in [2.05, 4.69) is 15.3 Å². The highest BCUT2D eigenvalue weighted by Crippen LogP contribution is 2.18. The van der Waals surface area contributed by atoms with Gasteiger partial charge in [-0.15, -0.1) is 0 Å². The van der Waals surface area contributed by atoms with Crippen LogP contribution in [0, 0.1) is 23.0 Å². The lowest BCUT2D eigenvalue weighted by atomic mass is 10.1. The number of pyridine rings is 1. The summed E-state index contributed by atoms with van der Waals surface area (Å²) in [5.74, 6) is -1.69. The standard InChI is InChI=1S/C17H11F2N5O/c18-12-2-3-13(14(19)7-12)15(8-20)23-17(25)11-1-4-16(22-9-11)24-6-5-21-10-24/h1-7,9-10,15H,(H,23,25)/t15-/m1/s1. The van der Waals surface area contributed by atoms with Crippen molar-refractivity contribution in [2.75, 3.05) is 0 Å². The highest BCUT2D eigenvalue weighted by atomic mass is 19.1. The molecule has 1 amide bonds. The van der Waals surface area contributed by atoms with Crippen molar-refractivity contribution in [3.8, 4) is 11.9 Å². The molecule has 1 N–H and O–H groups in total. The molecule has 0 aliphatic carbocycles. The molecular weight excluding hydrogens is 328 g/mol. The monoisotopic (exact) mass is 339 g/mol. The number of amides is 1. The van der Waals surface area contributed by atoms with E-state index in [1.54, 1.807) is 35.4 Å². The summed E-state index contributed by atoms with van der Waals surface area (Å²) < 4.78 is 28.4. The Bertz CT molecular complexity index is 933. The third kappa shape index (κ3) is 3.50. The molecule has 6 nitrogen and oxygen atoms in total. The van der Waals surface area contributed by atoms with Gasteiger partial charge in [-0.05, 0) is 18.2 Å². The number of rotatable bonds is 4. The van der Waals surface area contributed by atoms with E-state index in [4.69, 9.17) is 0 Å². The maximum absolute atomic E-state index is 13.8. The van der Waals surface area contributed by atoms with Crippen molar-refractivity contribution >= 4 is 5.91 Å². The quantitative estimate of drug-likeness (QED) is 0.792. The van der Waals surface area contributed by atoms with Crippen molar-refractivity contribution in [2.24, 2.45) is 0 Å². The molecule has 0 bridgehead atoms. The van der Waals surface area contributed by atoms with Crippen LogP contribution in [0.2, 0.25) is 0 Å². The third-order valence-corrected chi connectivity index (χ3v) is 3.46. The van der Waals surface area contributed by atoms with Crippen LogP contribution in [0.1, 0.15) is 22.0 Å². The fraction of sp³-hybridized carbons (Fsp3) is 0.0588. The third-order valence-electron chi connectivity index (χ3n) is 3.46. The molecule has 0 spiro atoms. The minimum absolute atomic E-state index is 0.111. The van der Waals surface area contributed by atoms with E-state index in [0.29, 0.717) is 11.9 Å². The molecule has 1 aromatic carbocycles. The van der Waals surface area contributed by atoms with Gasteiger partial charge in [-0.25, -0.2) is 18.7 Å². The van der Waals surface area contributed by atoms with Gasteiger partial charge in [-0.3, -0.25) is 9.36 Å². The van der Waals surface area contributed by atoms with Gasteiger partial charge in [0.05, 0.1) is 11.6 Å². The molecule has 8 heteroatoms. The smallest absolute Gasteiger partial charge is 0.254 e. The molecule has 0 aliphatic heterocycles. The first kappa shape index (κ1) is 16.3. The first-order valence-corrected chi connectivity index (χ1v) is 7.18. The van der Waals surface area contributed by atoms with Crippen molar-refractivity contribution in [3.05, 3.63) is 78.0 Å². The normalized spacial score (nSPS) is 11.6. The van der Waals surface area contributed by atoms with Crippen LogP contribution < -0.4 is 5.32 Å². The number of nitrogens with zero attached hydrogens (tertiary/aromatic N) is 4. The van der Waals surface area contributed by atoms with Gasteiger partial charge in [0.2, 0.25) is 0 Å². The Morgan fingerprint density at radius 2 is 2.12 bits per heavy atom. The summed E-state index contributed by atoms with van der Waals surface area (Å²) in [6, 6.07) is 6.47. The number of nitriles is 1. The van der Waals surface area contributed by atoms with Gasteiger partial charge in [0.25, 0.3) is 5.91 Å². The molecule has 3 rings (SSSR count). The van der Waals surface area contributed by atoms with Gasteiger partial charge in [-0.2, -0.15) is 5.26 Å². The SMILES string of the molecule is N#C[C@@H](NC(=O)c1ccc(-n2ccnc2)nc1)c1ccc(F)cc1F. The molecule has 0 aliphatic rings. The number of nitrogens with one attached hydrogen (secondary N) is 1. The molecule has 25 heavy (non-hydrogen) atoms. The van der Waals surface area contributed by atoms with Crippen LogP contribution in [-0.2, 0) is 0 Å². The second-order valence-electron chi connectivity index (χ2n) is 5.08. The largest absolute Gasteiger partial charge is 0.332 e. The summed E-state index contributed by atoms with van der Waals surface area (Å²) >= 11 is 0. The minimum atomic E-state index is -1.25. The number of benzene rings is 1. The topological polar surface area (TPSA) is 83.6 Å². The summed E-state index contributed by atoms with van der Waals surface area (Å²) in [7, 11) is 0. The molecule has 2 aromatic heterocycles. The van der Waals surface area contributed by atoms with Crippen LogP contribution in [0.3, 0.4) is 0 Å². The zero-order valence-corrected chi connectivity index (χ0v) is 12.7. The maximum atomic E-state index is 13.8. The number of hydrogen-bond donors (Lipinski definition) is 1. The van der Waals surface area contributed by atoms with E-state index in [0.717, 1.165) is 12.1 Å². The summed E-state index contributed by atoms with van der Waals surface area (Å²) in [5.41, 5.74) is 0.0897. The van der Waals surface area contributed by atoms with Crippen LogP contribution in [0.15, 0.2) is 55.2 Å². The van der Waals surface area contributed by atoms with Crippen LogP contribution in [0.4, 0.5) is 8.78 Å². The number of aromatic nitrogens is 3. The molecule has 0 saturated heterocycles. The van der Waals surface area contributed by atoms with E-state index in [9.17, 15) is 18.8 Å². The number of carbonyl (C=O) groups is 1. The van der Waals surface area contributed by atoms with Crippen molar-refractivity contribution in [2.45, 2.75) is 6.04 Å². The molecule has 0 fully saturated rings. The minimum Gasteiger partial charge on any atom is -0.332 e. The lowest BCUT2D eigenvalue weighted by Gasteiger charge is -2.13. The van der Waals surface area contributed by atoms with Crippen LogP contribution in [0.5, 0.6) is 0 Å². The van der Waals surface area contributed by atoms with Gasteiger partial charge in [0.15, 0.2) is 0 Å². The predicted octanol–water partition coefficient (Wildman–Crippen LogP) is 2.54. The average Bonchev–Trinajstić information content (AvgIpc) is 3.15. The highest BCUT2D eigenvalue weighted by Gasteiger charge is 2.19. The summed E-state index contributed by atoms with van der Waals surface area (Å²) in [6.07, 6.45) is 6.19. The Morgan fingerprint density at radius 3 is 2.72 bits per heavy atom. The molecule has 2 heterocycles. The van der Waals surface area contributed by atoms with E-state index < -0.39 is 23.6 Å². The Balaban J connectivity index is 1.77. The molecule has 0 unspecified atom stereocenters. The Labute approximate surface area is 141 Å². The summed E-state index contributed by atoms with van der Waals surface area (Å²) in [6.45, 7) is 0. The van der Waals surface area contributed by atoms with Crippen LogP contribution in [-0.4, -0.2) is 20.4 Å². The van der Waals surface area contributed by atoms with Gasteiger partial charge in [-0.1, -0.05) is 6.07 Å². The maximum Gasteiger partial charge on any atom is 0.254 e. The van der Waals surface area contributed by atoms with E-state index in [1.807, 2.05) is 0 Å². The zero-order chi connectivity index (χ0) is 17.8. The number of halogens is 2. The van der Waals surface area contributed by atoms with Crippen molar-refractivity contribution in [1.29, 1.82) is 5.26 Å². The van der Waals surface area contributed by atoms with E-state index in [-0.39, 0.29) is 11.1 Å². The Morgan fingerprint density at radius 1 is 1.28 bits per heavy atom. The molecule has 124 valence electrons. The van der Waals surface area contributed by atoms with Gasteiger partial charge in [0.1, 0.15) is 29.8 Å². The number of hydrogen-bond acceptors (Lipinski definition) is 4. The zero-order valence-electron chi connectivity index (χ0n) is 12.7. The van der Waals surface area contributed by atoms with Crippen LogP contribution >= 0.6 is 0 Å². The Kier molecular flexibility index (Phi) is 4.48. The van der Waals surface area contributed by atoms with Crippen molar-refractivity contribution in [1.82, 2.24) is 19.9 Å². The highest BCUT2D eigenvalue weighted by molar-refractivity contribution is 5.94. The first-order chi connectivity index (χ1) is 12.1. The molecule has 0 saturated carbocycles. The summed E-state index contributed by atoms with van der Waals surface area (Å²) in [4.78, 5) is 20.3. The van der Waals surface area contributed by atoms with E-state index in [1.165, 1.54) is 12.3 Å². The number of imidazole rings is 1. The lowest BCUT2D eigenvalue weighted by Crippen LogP contribution is -2.28. The second kappa shape index (κ2) is 6.88. The Hall–Kier alpha value is -3.60. The fourth-order valence-electron chi connectivity index (χ4n) is 2.20. The van der Waals surface area contributed by atoms with Gasteiger partial charge >= 0.3 is 0 Å². The van der Waals surface area contributed by atoms with Crippen molar-refractivity contribution < 1.29 is 13.6 Å². The molecule has 3 aromatic rings. The van der Waals surface area contributed by atoms with Gasteiger partial charge in [0, 0.05) is 30.2 Å². The molecule has 1 atom stereocenters. The second-order valence-corrected chi connectivity index (χ2v) is 5.08. The fourth-order valence-corrected chi connectivity index (χ4v) is 2.20. The number of carbonyl (C=O) groups excluding carboxylic acids is 1. The van der Waals surface area contributed by atoms with Gasteiger partial charge < -0.3 is 5.32 Å². The first-order valence-electron chi connectivity index (χ1n) is 7.18. The van der Waals surface area contributed by atoms with Crippen LogP contribution in [0.25, 0.3) is 5.82 Å². The predicted molar refractivity (Wildman–Crippen MR) is 83.5 cm³/mol. The average molecular weight is 339 g/mol.